The van der Waals surface area contributed by atoms with Crippen LogP contribution in [-0.2, 0) is 11.3 Å². The monoisotopic (exact) mass is 334 g/mol. The first kappa shape index (κ1) is 14.7. The summed E-state index contributed by atoms with van der Waals surface area (Å²) in [6.45, 7) is 0.0766. The molecule has 0 radical (unpaired) electrons. The summed E-state index contributed by atoms with van der Waals surface area (Å²) in [5.41, 5.74) is 7.78. The highest BCUT2D eigenvalue weighted by Gasteiger charge is 2.09. The number of carbonyl (C=O) groups is 1. The molecule has 112 valence electrons. The molecule has 0 aliphatic rings. The number of benzene rings is 2. The number of rotatable bonds is 3. The van der Waals surface area contributed by atoms with Crippen LogP contribution < -0.4 is 11.1 Å². The second-order valence-electron chi connectivity index (χ2n) is 4.80. The van der Waals surface area contributed by atoms with Gasteiger partial charge in [-0.05, 0) is 36.4 Å². The summed E-state index contributed by atoms with van der Waals surface area (Å²) < 4.78 is 1.60. The maximum Gasteiger partial charge on any atom is 0.246 e. The lowest BCUT2D eigenvalue weighted by atomic mass is 10.2. The lowest BCUT2D eigenvalue weighted by Crippen LogP contribution is -2.19. The fourth-order valence-electron chi connectivity index (χ4n) is 2.12. The van der Waals surface area contributed by atoms with E-state index in [9.17, 15) is 4.79 Å². The molecule has 0 aliphatic carbocycles. The number of anilines is 2. The van der Waals surface area contributed by atoms with Crippen LogP contribution in [0, 0.1) is 0 Å². The van der Waals surface area contributed by atoms with Crippen molar-refractivity contribution in [1.82, 2.24) is 9.78 Å². The molecule has 5 nitrogen and oxygen atoms in total. The van der Waals surface area contributed by atoms with Crippen molar-refractivity contribution in [2.75, 3.05) is 11.1 Å². The number of carbonyl (C=O) groups excluding carboxylic acids is 1. The van der Waals surface area contributed by atoms with Gasteiger partial charge in [0.25, 0.3) is 0 Å². The average Bonchev–Trinajstić information content (AvgIpc) is 2.85. The van der Waals surface area contributed by atoms with Gasteiger partial charge in [0, 0.05) is 16.8 Å². The van der Waals surface area contributed by atoms with Gasteiger partial charge in [0.05, 0.1) is 21.8 Å². The largest absolute Gasteiger partial charge is 0.399 e. The highest BCUT2D eigenvalue weighted by Crippen LogP contribution is 2.25. The van der Waals surface area contributed by atoms with Gasteiger partial charge in [0.15, 0.2) is 0 Å². The third kappa shape index (κ3) is 3.00. The van der Waals surface area contributed by atoms with Gasteiger partial charge in [0.2, 0.25) is 5.91 Å². The molecular weight excluding hydrogens is 323 g/mol. The van der Waals surface area contributed by atoms with E-state index in [4.69, 9.17) is 28.9 Å². The van der Waals surface area contributed by atoms with Crippen LogP contribution in [0.3, 0.4) is 0 Å². The predicted molar refractivity (Wildman–Crippen MR) is 89.2 cm³/mol. The van der Waals surface area contributed by atoms with Gasteiger partial charge in [0.1, 0.15) is 6.54 Å². The van der Waals surface area contributed by atoms with Crippen LogP contribution in [0.5, 0.6) is 0 Å². The molecule has 1 amide bonds. The first-order valence-corrected chi connectivity index (χ1v) is 7.24. The van der Waals surface area contributed by atoms with Crippen molar-refractivity contribution in [3.63, 3.8) is 0 Å². The van der Waals surface area contributed by atoms with Crippen molar-refractivity contribution in [1.29, 1.82) is 0 Å². The van der Waals surface area contributed by atoms with Gasteiger partial charge in [-0.25, -0.2) is 0 Å². The van der Waals surface area contributed by atoms with E-state index in [0.29, 0.717) is 21.4 Å². The summed E-state index contributed by atoms with van der Waals surface area (Å²) >= 11 is 11.8. The molecule has 0 aliphatic heterocycles. The molecule has 1 heterocycles. The Balaban J connectivity index is 1.78. The van der Waals surface area contributed by atoms with E-state index in [1.807, 2.05) is 6.07 Å². The van der Waals surface area contributed by atoms with Gasteiger partial charge in [-0.1, -0.05) is 23.2 Å². The highest BCUT2D eigenvalue weighted by molar-refractivity contribution is 6.42. The lowest BCUT2D eigenvalue weighted by Gasteiger charge is -2.07. The van der Waals surface area contributed by atoms with E-state index in [1.54, 1.807) is 41.2 Å². The molecule has 3 aromatic rings. The Morgan fingerprint density at radius 2 is 2.00 bits per heavy atom. The number of hydrogen-bond acceptors (Lipinski definition) is 3. The van der Waals surface area contributed by atoms with Crippen LogP contribution in [0.25, 0.3) is 10.9 Å². The van der Waals surface area contributed by atoms with Gasteiger partial charge in [-0.2, -0.15) is 5.10 Å². The Morgan fingerprint density at radius 1 is 1.18 bits per heavy atom. The summed E-state index contributed by atoms with van der Waals surface area (Å²) in [4.78, 5) is 12.1. The Bertz CT molecular complexity index is 860. The SMILES string of the molecule is Nc1ccc2cnn(CC(=O)Nc3ccc(Cl)c(Cl)c3)c2c1. The van der Waals surface area contributed by atoms with E-state index < -0.39 is 0 Å². The zero-order valence-electron chi connectivity index (χ0n) is 11.4. The molecule has 0 spiro atoms. The van der Waals surface area contributed by atoms with Crippen LogP contribution >= 0.6 is 23.2 Å². The first-order chi connectivity index (χ1) is 10.5. The van der Waals surface area contributed by atoms with E-state index in [1.165, 1.54) is 0 Å². The molecule has 7 heteroatoms. The third-order valence-electron chi connectivity index (χ3n) is 3.17. The van der Waals surface area contributed by atoms with Crippen molar-refractivity contribution in [2.24, 2.45) is 0 Å². The average molecular weight is 335 g/mol. The van der Waals surface area contributed by atoms with Crippen molar-refractivity contribution < 1.29 is 4.79 Å². The molecule has 0 saturated carbocycles. The standard InChI is InChI=1S/C15H12Cl2N4O/c16-12-4-3-11(6-13(12)17)20-15(22)8-21-14-5-10(18)2-1-9(14)7-19-21/h1-7H,8,18H2,(H,20,22). The Morgan fingerprint density at radius 3 is 2.77 bits per heavy atom. The molecule has 0 atom stereocenters. The minimum atomic E-state index is -0.217. The minimum absolute atomic E-state index is 0.0766. The second kappa shape index (κ2) is 5.87. The Hall–Kier alpha value is -2.24. The minimum Gasteiger partial charge on any atom is -0.399 e. The number of nitrogens with two attached hydrogens (primary N) is 1. The van der Waals surface area contributed by atoms with E-state index in [-0.39, 0.29) is 12.5 Å². The van der Waals surface area contributed by atoms with Crippen molar-refractivity contribution >= 4 is 51.4 Å². The zero-order chi connectivity index (χ0) is 15.7. The summed E-state index contributed by atoms with van der Waals surface area (Å²) in [5.74, 6) is -0.217. The van der Waals surface area contributed by atoms with Gasteiger partial charge in [-0.3, -0.25) is 9.48 Å². The summed E-state index contributed by atoms with van der Waals surface area (Å²) in [6.07, 6.45) is 1.70. The zero-order valence-corrected chi connectivity index (χ0v) is 12.9. The maximum absolute atomic E-state index is 12.1. The molecule has 0 bridgehead atoms. The molecule has 0 fully saturated rings. The maximum atomic E-state index is 12.1. The van der Waals surface area contributed by atoms with Crippen molar-refractivity contribution in [3.05, 3.63) is 52.6 Å². The number of nitrogens with zero attached hydrogens (tertiary/aromatic N) is 2. The number of amides is 1. The van der Waals surface area contributed by atoms with Gasteiger partial charge >= 0.3 is 0 Å². The molecule has 3 N–H and O–H groups in total. The lowest BCUT2D eigenvalue weighted by molar-refractivity contribution is -0.116. The van der Waals surface area contributed by atoms with Crippen molar-refractivity contribution in [3.8, 4) is 0 Å². The molecule has 2 aromatic carbocycles. The van der Waals surface area contributed by atoms with E-state index in [0.717, 1.165) is 10.9 Å². The quantitative estimate of drug-likeness (QED) is 0.719. The smallest absolute Gasteiger partial charge is 0.246 e. The fourth-order valence-corrected chi connectivity index (χ4v) is 2.42. The summed E-state index contributed by atoms with van der Waals surface area (Å²) in [6, 6.07) is 10.4. The number of halogens is 2. The normalized spacial score (nSPS) is 10.8. The molecular formula is C15H12Cl2N4O. The number of hydrogen-bond donors (Lipinski definition) is 2. The first-order valence-electron chi connectivity index (χ1n) is 6.49. The topological polar surface area (TPSA) is 72.9 Å². The van der Waals surface area contributed by atoms with Crippen LogP contribution in [0.1, 0.15) is 0 Å². The molecule has 0 saturated heterocycles. The molecule has 3 rings (SSSR count). The predicted octanol–water partition coefficient (Wildman–Crippen LogP) is 3.56. The molecule has 1 aromatic heterocycles. The van der Waals surface area contributed by atoms with Crippen LogP contribution in [0.15, 0.2) is 42.6 Å². The third-order valence-corrected chi connectivity index (χ3v) is 3.90. The second-order valence-corrected chi connectivity index (χ2v) is 5.61. The number of nitrogens with one attached hydrogen (secondary N) is 1. The van der Waals surface area contributed by atoms with E-state index in [2.05, 4.69) is 10.4 Å². The Kier molecular flexibility index (Phi) is 3.92. The van der Waals surface area contributed by atoms with Crippen molar-refractivity contribution in [2.45, 2.75) is 6.54 Å². The fraction of sp³-hybridized carbons (Fsp3) is 0.0667. The van der Waals surface area contributed by atoms with E-state index >= 15 is 0 Å². The Labute approximate surface area is 136 Å². The van der Waals surface area contributed by atoms with Crippen LogP contribution in [0.4, 0.5) is 11.4 Å². The molecule has 22 heavy (non-hydrogen) atoms. The van der Waals surface area contributed by atoms with Gasteiger partial charge in [-0.15, -0.1) is 0 Å². The summed E-state index contributed by atoms with van der Waals surface area (Å²) in [7, 11) is 0. The highest BCUT2D eigenvalue weighted by atomic mass is 35.5. The van der Waals surface area contributed by atoms with Crippen LogP contribution in [0.2, 0.25) is 10.0 Å². The number of fused-ring (bicyclic) bond motifs is 1. The number of aromatic nitrogens is 2. The summed E-state index contributed by atoms with van der Waals surface area (Å²) in [5, 5.41) is 8.71. The van der Waals surface area contributed by atoms with Gasteiger partial charge < -0.3 is 11.1 Å². The number of nitrogen functional groups attached to an aromatic ring is 1. The molecule has 0 unspecified atom stereocenters. The van der Waals surface area contributed by atoms with Crippen LogP contribution in [-0.4, -0.2) is 15.7 Å².